The van der Waals surface area contributed by atoms with Crippen LogP contribution in [0.5, 0.6) is 11.5 Å². The first-order chi connectivity index (χ1) is 8.99. The Labute approximate surface area is 106 Å². The molecule has 0 aliphatic carbocycles. The topological polar surface area (TPSA) is 59.1 Å². The van der Waals surface area contributed by atoms with Gasteiger partial charge in [0.2, 0.25) is 5.82 Å². The third kappa shape index (κ3) is 2.67. The molecule has 3 N–H and O–H groups in total. The second kappa shape index (κ2) is 5.01. The van der Waals surface area contributed by atoms with Crippen molar-refractivity contribution in [2.75, 3.05) is 0 Å². The Morgan fingerprint density at radius 1 is 1.00 bits per heavy atom. The van der Waals surface area contributed by atoms with Crippen molar-refractivity contribution in [1.82, 2.24) is 0 Å². The number of rotatable bonds is 3. The zero-order chi connectivity index (χ0) is 14.0. The molecule has 0 heterocycles. The number of nitrogen functional groups attached to an aromatic ring is 1. The van der Waals surface area contributed by atoms with Gasteiger partial charge in [0.15, 0.2) is 23.1 Å². The maximum absolute atomic E-state index is 13.6. The Morgan fingerprint density at radius 2 is 1.74 bits per heavy atom. The van der Waals surface area contributed by atoms with Crippen LogP contribution in [0, 0.1) is 22.9 Å². The highest BCUT2D eigenvalue weighted by Crippen LogP contribution is 2.28. The van der Waals surface area contributed by atoms with Gasteiger partial charge in [0.1, 0.15) is 5.84 Å². The predicted octanol–water partition coefficient (Wildman–Crippen LogP) is 3.18. The lowest BCUT2D eigenvalue weighted by atomic mass is 10.2. The molecule has 0 atom stereocenters. The average Bonchev–Trinajstić information content (AvgIpc) is 2.37. The summed E-state index contributed by atoms with van der Waals surface area (Å²) in [5, 5.41) is 7.15. The van der Waals surface area contributed by atoms with Gasteiger partial charge in [-0.05, 0) is 30.3 Å². The van der Waals surface area contributed by atoms with Gasteiger partial charge in [-0.1, -0.05) is 6.07 Å². The van der Waals surface area contributed by atoms with E-state index < -0.39 is 23.2 Å². The standard InChI is InChI=1S/C13H9F3N2O/c14-8-2-1-3-11(12(8)16)19-10-5-4-7(13(17)18)6-9(10)15/h1-6H,(H3,17,18). The van der Waals surface area contributed by atoms with E-state index in [-0.39, 0.29) is 17.1 Å². The van der Waals surface area contributed by atoms with Crippen molar-refractivity contribution in [2.24, 2.45) is 5.73 Å². The Balaban J connectivity index is 2.34. The third-order valence-corrected chi connectivity index (χ3v) is 2.38. The normalized spacial score (nSPS) is 10.3. The maximum atomic E-state index is 13.6. The van der Waals surface area contributed by atoms with Gasteiger partial charge in [-0.3, -0.25) is 5.41 Å². The Hall–Kier alpha value is -2.50. The van der Waals surface area contributed by atoms with Gasteiger partial charge in [-0.2, -0.15) is 4.39 Å². The number of amidine groups is 1. The molecule has 0 aliphatic rings. The van der Waals surface area contributed by atoms with Crippen LogP contribution in [0.1, 0.15) is 5.56 Å². The zero-order valence-electron chi connectivity index (χ0n) is 9.58. The summed E-state index contributed by atoms with van der Waals surface area (Å²) >= 11 is 0. The molecule has 0 fully saturated rings. The van der Waals surface area contributed by atoms with E-state index in [1.54, 1.807) is 0 Å². The minimum atomic E-state index is -1.20. The molecule has 0 spiro atoms. The Morgan fingerprint density at radius 3 is 2.37 bits per heavy atom. The van der Waals surface area contributed by atoms with Crippen LogP contribution < -0.4 is 10.5 Å². The number of halogens is 3. The maximum Gasteiger partial charge on any atom is 0.201 e. The lowest BCUT2D eigenvalue weighted by molar-refractivity contribution is 0.397. The van der Waals surface area contributed by atoms with Crippen LogP contribution in [0.2, 0.25) is 0 Å². The molecular formula is C13H9F3N2O. The lowest BCUT2D eigenvalue weighted by Crippen LogP contribution is -2.11. The lowest BCUT2D eigenvalue weighted by Gasteiger charge is -2.09. The summed E-state index contributed by atoms with van der Waals surface area (Å²) in [6, 6.07) is 6.87. The molecule has 0 saturated heterocycles. The number of hydrogen-bond acceptors (Lipinski definition) is 2. The molecule has 2 aromatic carbocycles. The highest BCUT2D eigenvalue weighted by molar-refractivity contribution is 5.95. The number of ether oxygens (including phenoxy) is 1. The van der Waals surface area contributed by atoms with Crippen molar-refractivity contribution in [1.29, 1.82) is 5.41 Å². The fourth-order valence-corrected chi connectivity index (χ4v) is 1.43. The molecule has 2 aromatic rings. The summed E-state index contributed by atoms with van der Waals surface area (Å²) in [6.07, 6.45) is 0. The van der Waals surface area contributed by atoms with E-state index in [4.69, 9.17) is 15.9 Å². The van der Waals surface area contributed by atoms with Crippen LogP contribution in [-0.2, 0) is 0 Å². The summed E-state index contributed by atoms with van der Waals surface area (Å²) in [5.74, 6) is -4.11. The van der Waals surface area contributed by atoms with Crippen LogP contribution in [0.15, 0.2) is 36.4 Å². The van der Waals surface area contributed by atoms with Crippen molar-refractivity contribution in [3.05, 3.63) is 59.4 Å². The number of nitrogens with one attached hydrogen (secondary N) is 1. The van der Waals surface area contributed by atoms with Crippen LogP contribution in [0.4, 0.5) is 13.2 Å². The predicted molar refractivity (Wildman–Crippen MR) is 63.8 cm³/mol. The fourth-order valence-electron chi connectivity index (χ4n) is 1.43. The first kappa shape index (κ1) is 12.9. The van der Waals surface area contributed by atoms with Crippen molar-refractivity contribution < 1.29 is 17.9 Å². The van der Waals surface area contributed by atoms with E-state index in [9.17, 15) is 13.2 Å². The first-order valence-electron chi connectivity index (χ1n) is 5.25. The van der Waals surface area contributed by atoms with Crippen LogP contribution in [-0.4, -0.2) is 5.84 Å². The quantitative estimate of drug-likeness (QED) is 0.662. The number of hydrogen-bond donors (Lipinski definition) is 2. The van der Waals surface area contributed by atoms with E-state index in [1.807, 2.05) is 0 Å². The second-order valence-electron chi connectivity index (χ2n) is 3.71. The van der Waals surface area contributed by atoms with Gasteiger partial charge in [0.25, 0.3) is 0 Å². The molecule has 0 radical (unpaired) electrons. The third-order valence-electron chi connectivity index (χ3n) is 2.38. The summed E-state index contributed by atoms with van der Waals surface area (Å²) in [6.45, 7) is 0. The molecular weight excluding hydrogens is 257 g/mol. The van der Waals surface area contributed by atoms with Gasteiger partial charge in [-0.25, -0.2) is 8.78 Å². The monoisotopic (exact) mass is 266 g/mol. The molecule has 3 nitrogen and oxygen atoms in total. The Kier molecular flexibility index (Phi) is 3.41. The Bertz CT molecular complexity index is 644. The molecule has 0 bridgehead atoms. The van der Waals surface area contributed by atoms with E-state index in [2.05, 4.69) is 0 Å². The van der Waals surface area contributed by atoms with Crippen LogP contribution in [0.3, 0.4) is 0 Å². The molecule has 0 saturated carbocycles. The van der Waals surface area contributed by atoms with Crippen molar-refractivity contribution in [3.63, 3.8) is 0 Å². The number of nitrogens with two attached hydrogens (primary N) is 1. The highest BCUT2D eigenvalue weighted by atomic mass is 19.2. The largest absolute Gasteiger partial charge is 0.451 e. The minimum absolute atomic E-state index is 0.171. The molecule has 0 aliphatic heterocycles. The summed E-state index contributed by atoms with van der Waals surface area (Å²) in [5.41, 5.74) is 5.37. The van der Waals surface area contributed by atoms with Gasteiger partial charge < -0.3 is 10.5 Å². The van der Waals surface area contributed by atoms with E-state index >= 15 is 0 Å². The van der Waals surface area contributed by atoms with Gasteiger partial charge in [0.05, 0.1) is 0 Å². The van der Waals surface area contributed by atoms with E-state index in [0.29, 0.717) is 0 Å². The van der Waals surface area contributed by atoms with Crippen molar-refractivity contribution in [3.8, 4) is 11.5 Å². The first-order valence-corrected chi connectivity index (χ1v) is 5.25. The molecule has 19 heavy (non-hydrogen) atoms. The van der Waals surface area contributed by atoms with E-state index in [1.165, 1.54) is 24.3 Å². The molecule has 0 unspecified atom stereocenters. The van der Waals surface area contributed by atoms with Gasteiger partial charge in [0, 0.05) is 5.56 Å². The van der Waals surface area contributed by atoms with Crippen molar-refractivity contribution in [2.45, 2.75) is 0 Å². The fraction of sp³-hybridized carbons (Fsp3) is 0. The van der Waals surface area contributed by atoms with E-state index in [0.717, 1.165) is 12.1 Å². The highest BCUT2D eigenvalue weighted by Gasteiger charge is 2.12. The summed E-state index contributed by atoms with van der Waals surface area (Å²) in [7, 11) is 0. The molecule has 98 valence electrons. The molecule has 0 aromatic heterocycles. The molecule has 0 amide bonds. The zero-order valence-corrected chi connectivity index (χ0v) is 9.58. The van der Waals surface area contributed by atoms with Crippen LogP contribution in [0.25, 0.3) is 0 Å². The number of benzene rings is 2. The average molecular weight is 266 g/mol. The second-order valence-corrected chi connectivity index (χ2v) is 3.71. The van der Waals surface area contributed by atoms with Gasteiger partial charge in [-0.15, -0.1) is 0 Å². The smallest absolute Gasteiger partial charge is 0.201 e. The summed E-state index contributed by atoms with van der Waals surface area (Å²) < 4.78 is 44.9. The summed E-state index contributed by atoms with van der Waals surface area (Å²) in [4.78, 5) is 0. The molecule has 2 rings (SSSR count). The SMILES string of the molecule is N=C(N)c1ccc(Oc2cccc(F)c2F)c(F)c1. The van der Waals surface area contributed by atoms with Crippen LogP contribution >= 0.6 is 0 Å². The van der Waals surface area contributed by atoms with Crippen molar-refractivity contribution >= 4 is 5.84 Å². The van der Waals surface area contributed by atoms with Gasteiger partial charge >= 0.3 is 0 Å². The minimum Gasteiger partial charge on any atom is -0.451 e. The molecule has 6 heteroatoms.